The molecule has 4 nitrogen and oxygen atoms in total. The number of nitrogens with one attached hydrogen (secondary N) is 1. The number of amides is 1. The van der Waals surface area contributed by atoms with Gasteiger partial charge in [0, 0.05) is 5.56 Å². The molecule has 3 aromatic carbocycles. The number of rotatable bonds is 6. The van der Waals surface area contributed by atoms with Crippen LogP contribution in [-0.4, -0.2) is 18.7 Å². The van der Waals surface area contributed by atoms with Crippen LogP contribution in [0.15, 0.2) is 84.5 Å². The second-order valence-corrected chi connectivity index (χ2v) is 5.36. The molecule has 0 spiro atoms. The lowest BCUT2D eigenvalue weighted by Gasteiger charge is -2.08. The van der Waals surface area contributed by atoms with Crippen molar-refractivity contribution in [1.82, 2.24) is 5.43 Å². The predicted molar refractivity (Wildman–Crippen MR) is 101 cm³/mol. The lowest BCUT2D eigenvalue weighted by Crippen LogP contribution is -2.18. The van der Waals surface area contributed by atoms with Crippen molar-refractivity contribution in [3.05, 3.63) is 90.5 Å². The van der Waals surface area contributed by atoms with Gasteiger partial charge in [-0.05, 0) is 22.9 Å². The summed E-state index contributed by atoms with van der Waals surface area (Å²) < 4.78 is 5.50. The highest BCUT2D eigenvalue weighted by Crippen LogP contribution is 2.18. The van der Waals surface area contributed by atoms with E-state index in [4.69, 9.17) is 4.74 Å². The minimum atomic E-state index is -0.323. The largest absolute Gasteiger partial charge is 0.489 e. The van der Waals surface area contributed by atoms with Gasteiger partial charge in [-0.15, -0.1) is 0 Å². The van der Waals surface area contributed by atoms with Crippen molar-refractivity contribution in [2.75, 3.05) is 6.61 Å². The number of hydrogen-bond donors (Lipinski definition) is 1. The average Bonchev–Trinajstić information content (AvgIpc) is 2.66. The minimum Gasteiger partial charge on any atom is -0.489 e. The van der Waals surface area contributed by atoms with Crippen LogP contribution in [0.25, 0.3) is 10.8 Å². The van der Waals surface area contributed by atoms with Gasteiger partial charge in [0.25, 0.3) is 5.91 Å². The van der Waals surface area contributed by atoms with Crippen molar-refractivity contribution >= 4 is 22.9 Å². The van der Waals surface area contributed by atoms with Crippen molar-refractivity contribution in [3.63, 3.8) is 0 Å². The van der Waals surface area contributed by atoms with Gasteiger partial charge in [0.05, 0.1) is 11.8 Å². The Labute approximate surface area is 146 Å². The Kier molecular flexibility index (Phi) is 5.22. The first kappa shape index (κ1) is 16.5. The molecule has 0 bridgehead atoms. The smallest absolute Gasteiger partial charge is 0.275 e. The van der Waals surface area contributed by atoms with E-state index < -0.39 is 0 Å². The minimum absolute atomic E-state index is 0.323. The Morgan fingerprint density at radius 3 is 2.68 bits per heavy atom. The van der Waals surface area contributed by atoms with Gasteiger partial charge < -0.3 is 4.74 Å². The van der Waals surface area contributed by atoms with E-state index in [0.29, 0.717) is 17.9 Å². The Balaban J connectivity index is 1.76. The fourth-order valence-corrected chi connectivity index (χ4v) is 2.51. The summed E-state index contributed by atoms with van der Waals surface area (Å²) in [6.07, 6.45) is 3.28. The first-order valence-corrected chi connectivity index (χ1v) is 7.93. The number of carbonyl (C=O) groups is 1. The molecule has 0 atom stereocenters. The summed E-state index contributed by atoms with van der Waals surface area (Å²) in [5, 5.41) is 6.30. The standard InChI is InChI=1S/C21H18N2O2/c1-2-14-25-20-13-6-5-12-19(20)21(24)23-22-15-17-10-7-9-16-8-3-4-11-18(16)17/h2-13,15H,1,14H2,(H,23,24)/b22-15+. The second kappa shape index (κ2) is 7.93. The van der Waals surface area contributed by atoms with E-state index in [9.17, 15) is 4.79 Å². The van der Waals surface area contributed by atoms with E-state index in [-0.39, 0.29) is 5.91 Å². The van der Waals surface area contributed by atoms with Crippen LogP contribution in [-0.2, 0) is 0 Å². The molecular formula is C21H18N2O2. The molecule has 0 saturated carbocycles. The van der Waals surface area contributed by atoms with Crippen LogP contribution in [0.5, 0.6) is 5.75 Å². The molecule has 0 unspecified atom stereocenters. The number of hydrogen-bond acceptors (Lipinski definition) is 3. The maximum Gasteiger partial charge on any atom is 0.275 e. The molecular weight excluding hydrogens is 312 g/mol. The highest BCUT2D eigenvalue weighted by atomic mass is 16.5. The predicted octanol–water partition coefficient (Wildman–Crippen LogP) is 4.17. The summed E-state index contributed by atoms with van der Waals surface area (Å²) in [7, 11) is 0. The van der Waals surface area contributed by atoms with Crippen molar-refractivity contribution in [2.24, 2.45) is 5.10 Å². The zero-order valence-corrected chi connectivity index (χ0v) is 13.7. The van der Waals surface area contributed by atoms with Crippen LogP contribution in [0.3, 0.4) is 0 Å². The SMILES string of the molecule is C=CCOc1ccccc1C(=O)N/N=C/c1cccc2ccccc12. The van der Waals surface area contributed by atoms with E-state index in [2.05, 4.69) is 17.1 Å². The van der Waals surface area contributed by atoms with Crippen molar-refractivity contribution in [3.8, 4) is 5.75 Å². The number of para-hydroxylation sites is 1. The van der Waals surface area contributed by atoms with Gasteiger partial charge in [0.2, 0.25) is 0 Å². The van der Waals surface area contributed by atoms with Crippen LogP contribution >= 0.6 is 0 Å². The normalized spacial score (nSPS) is 10.7. The molecule has 0 aliphatic heterocycles. The molecule has 1 amide bonds. The fraction of sp³-hybridized carbons (Fsp3) is 0.0476. The van der Waals surface area contributed by atoms with Gasteiger partial charge in [-0.25, -0.2) is 5.43 Å². The van der Waals surface area contributed by atoms with E-state index in [0.717, 1.165) is 16.3 Å². The topological polar surface area (TPSA) is 50.7 Å². The van der Waals surface area contributed by atoms with Gasteiger partial charge in [0.1, 0.15) is 12.4 Å². The Morgan fingerprint density at radius 1 is 1.04 bits per heavy atom. The fourth-order valence-electron chi connectivity index (χ4n) is 2.51. The van der Waals surface area contributed by atoms with Crippen LogP contribution in [0.1, 0.15) is 15.9 Å². The first-order valence-electron chi connectivity index (χ1n) is 7.93. The van der Waals surface area contributed by atoms with Crippen LogP contribution in [0.2, 0.25) is 0 Å². The highest BCUT2D eigenvalue weighted by molar-refractivity contribution is 6.01. The maximum absolute atomic E-state index is 12.4. The number of carbonyl (C=O) groups excluding carboxylic acids is 1. The Hall–Kier alpha value is -3.40. The van der Waals surface area contributed by atoms with E-state index >= 15 is 0 Å². The number of benzene rings is 3. The lowest BCUT2D eigenvalue weighted by molar-refractivity contribution is 0.0951. The Morgan fingerprint density at radius 2 is 1.80 bits per heavy atom. The number of hydrazone groups is 1. The van der Waals surface area contributed by atoms with E-state index in [1.807, 2.05) is 48.5 Å². The third kappa shape index (κ3) is 3.93. The zero-order valence-electron chi connectivity index (χ0n) is 13.7. The second-order valence-electron chi connectivity index (χ2n) is 5.36. The summed E-state index contributed by atoms with van der Waals surface area (Å²) in [5.74, 6) is 0.177. The van der Waals surface area contributed by atoms with Crippen LogP contribution in [0, 0.1) is 0 Å². The van der Waals surface area contributed by atoms with E-state index in [1.54, 1.807) is 30.5 Å². The summed E-state index contributed by atoms with van der Waals surface area (Å²) in [5.41, 5.74) is 3.92. The van der Waals surface area contributed by atoms with Crippen molar-refractivity contribution < 1.29 is 9.53 Å². The third-order valence-corrected chi connectivity index (χ3v) is 3.68. The van der Waals surface area contributed by atoms with Gasteiger partial charge in [-0.1, -0.05) is 67.3 Å². The number of ether oxygens (including phenoxy) is 1. The van der Waals surface area contributed by atoms with Crippen LogP contribution in [0.4, 0.5) is 0 Å². The Bertz CT molecular complexity index is 927. The molecule has 124 valence electrons. The molecule has 0 fully saturated rings. The highest BCUT2D eigenvalue weighted by Gasteiger charge is 2.10. The monoisotopic (exact) mass is 330 g/mol. The maximum atomic E-state index is 12.4. The molecule has 25 heavy (non-hydrogen) atoms. The summed E-state index contributed by atoms with van der Waals surface area (Å²) in [6.45, 7) is 3.95. The molecule has 1 N–H and O–H groups in total. The molecule has 0 heterocycles. The molecule has 0 saturated heterocycles. The van der Waals surface area contributed by atoms with Crippen molar-refractivity contribution in [1.29, 1.82) is 0 Å². The van der Waals surface area contributed by atoms with Crippen molar-refractivity contribution in [2.45, 2.75) is 0 Å². The zero-order chi connectivity index (χ0) is 17.5. The summed E-state index contributed by atoms with van der Waals surface area (Å²) >= 11 is 0. The first-order chi connectivity index (χ1) is 12.3. The molecule has 0 aliphatic rings. The molecule has 0 radical (unpaired) electrons. The molecule has 3 aromatic rings. The van der Waals surface area contributed by atoms with Gasteiger partial charge in [-0.3, -0.25) is 4.79 Å². The van der Waals surface area contributed by atoms with Crippen LogP contribution < -0.4 is 10.2 Å². The lowest BCUT2D eigenvalue weighted by atomic mass is 10.1. The summed E-state index contributed by atoms with van der Waals surface area (Å²) in [6, 6.07) is 21.0. The number of nitrogens with zero attached hydrogens (tertiary/aromatic N) is 1. The summed E-state index contributed by atoms with van der Waals surface area (Å²) in [4.78, 5) is 12.4. The number of fused-ring (bicyclic) bond motifs is 1. The van der Waals surface area contributed by atoms with Gasteiger partial charge >= 0.3 is 0 Å². The quantitative estimate of drug-likeness (QED) is 0.419. The molecule has 4 heteroatoms. The van der Waals surface area contributed by atoms with Gasteiger partial charge in [-0.2, -0.15) is 5.10 Å². The van der Waals surface area contributed by atoms with Gasteiger partial charge in [0.15, 0.2) is 0 Å². The average molecular weight is 330 g/mol. The molecule has 0 aromatic heterocycles. The molecule has 0 aliphatic carbocycles. The third-order valence-electron chi connectivity index (χ3n) is 3.68. The van der Waals surface area contributed by atoms with E-state index in [1.165, 1.54) is 0 Å². The molecule has 3 rings (SSSR count).